The van der Waals surface area contributed by atoms with Crippen molar-refractivity contribution in [1.82, 2.24) is 5.32 Å². The van der Waals surface area contributed by atoms with Gasteiger partial charge < -0.3 is 5.32 Å². The summed E-state index contributed by atoms with van der Waals surface area (Å²) >= 11 is 1.77. The summed E-state index contributed by atoms with van der Waals surface area (Å²) < 4.78 is 0. The number of nitrogens with one attached hydrogen (secondary N) is 1. The Kier molecular flexibility index (Phi) is 4.37. The van der Waals surface area contributed by atoms with Crippen molar-refractivity contribution in [1.29, 1.82) is 0 Å². The van der Waals surface area contributed by atoms with Gasteiger partial charge >= 0.3 is 0 Å². The van der Waals surface area contributed by atoms with Crippen LogP contribution in [-0.2, 0) is 6.42 Å². The van der Waals surface area contributed by atoms with Crippen LogP contribution in [0.3, 0.4) is 0 Å². The van der Waals surface area contributed by atoms with E-state index in [2.05, 4.69) is 78.5 Å². The highest BCUT2D eigenvalue weighted by Crippen LogP contribution is 2.24. The molecule has 2 heteroatoms. The molecule has 1 heterocycles. The summed E-state index contributed by atoms with van der Waals surface area (Å²) in [5.74, 6) is 0. The quantitative estimate of drug-likeness (QED) is 0.683. The summed E-state index contributed by atoms with van der Waals surface area (Å²) in [5.41, 5.74) is 2.80. The molecule has 0 saturated carbocycles. The highest BCUT2D eigenvalue weighted by Gasteiger charge is 2.12. The molecule has 0 saturated heterocycles. The third-order valence-electron chi connectivity index (χ3n) is 3.95. The van der Waals surface area contributed by atoms with Gasteiger partial charge in [0.2, 0.25) is 0 Å². The fourth-order valence-electron chi connectivity index (χ4n) is 2.97. The molecule has 1 N–H and O–H groups in total. The molecule has 0 bridgehead atoms. The van der Waals surface area contributed by atoms with Gasteiger partial charge in [0.15, 0.2) is 0 Å². The Labute approximate surface area is 130 Å². The largest absolute Gasteiger partial charge is 0.307 e. The molecule has 0 amide bonds. The molecule has 3 rings (SSSR count). The van der Waals surface area contributed by atoms with Crippen LogP contribution in [0, 0.1) is 0 Å². The first kappa shape index (κ1) is 14.3. The van der Waals surface area contributed by atoms with E-state index >= 15 is 0 Å². The van der Waals surface area contributed by atoms with E-state index in [1.54, 1.807) is 11.3 Å². The lowest BCUT2D eigenvalue weighted by Crippen LogP contribution is -2.30. The minimum Gasteiger partial charge on any atom is -0.307 e. The fraction of sp³-hybridized carbons (Fsp3) is 0.263. The maximum Gasteiger partial charge on any atom is 0.0300 e. The molecule has 108 valence electrons. The van der Waals surface area contributed by atoms with Crippen LogP contribution >= 0.6 is 11.3 Å². The third-order valence-corrected chi connectivity index (χ3v) is 4.68. The molecule has 2 unspecified atom stereocenters. The van der Waals surface area contributed by atoms with Gasteiger partial charge in [0, 0.05) is 12.1 Å². The van der Waals surface area contributed by atoms with Crippen molar-refractivity contribution in [2.75, 3.05) is 0 Å². The molecule has 21 heavy (non-hydrogen) atoms. The zero-order valence-corrected chi connectivity index (χ0v) is 13.4. The third kappa shape index (κ3) is 3.34. The van der Waals surface area contributed by atoms with Crippen LogP contribution in [0.4, 0.5) is 0 Å². The number of fused-ring (bicyclic) bond motifs is 1. The average Bonchev–Trinajstić information content (AvgIpc) is 2.99. The van der Waals surface area contributed by atoms with E-state index in [1.807, 2.05) is 0 Å². The smallest absolute Gasteiger partial charge is 0.0300 e. The predicted octanol–water partition coefficient (Wildman–Crippen LogP) is 5.18. The van der Waals surface area contributed by atoms with Crippen LogP contribution in [0.1, 0.15) is 31.0 Å². The summed E-state index contributed by atoms with van der Waals surface area (Å²) in [6, 6.07) is 18.2. The maximum atomic E-state index is 3.73. The average molecular weight is 295 g/mol. The van der Waals surface area contributed by atoms with E-state index in [4.69, 9.17) is 0 Å². The fourth-order valence-corrected chi connectivity index (χ4v) is 3.65. The van der Waals surface area contributed by atoms with Gasteiger partial charge in [-0.15, -0.1) is 0 Å². The van der Waals surface area contributed by atoms with Crippen molar-refractivity contribution in [3.05, 3.63) is 70.4 Å². The minimum atomic E-state index is 0.352. The molecule has 1 aromatic heterocycles. The zero-order valence-electron chi connectivity index (χ0n) is 12.5. The second-order valence-corrected chi connectivity index (χ2v) is 6.47. The van der Waals surface area contributed by atoms with E-state index in [0.29, 0.717) is 12.1 Å². The van der Waals surface area contributed by atoms with E-state index in [-0.39, 0.29) is 0 Å². The standard InChI is InChI=1S/C19H21NS/c1-14(12-16-10-11-21-13-16)20-15(2)18-9-5-7-17-6-3-4-8-19(17)18/h3-11,13-15,20H,12H2,1-2H3. The summed E-state index contributed by atoms with van der Waals surface area (Å²) in [4.78, 5) is 0. The van der Waals surface area contributed by atoms with Crippen LogP contribution in [-0.4, -0.2) is 6.04 Å². The minimum absolute atomic E-state index is 0.352. The lowest BCUT2D eigenvalue weighted by molar-refractivity contribution is 0.479. The Morgan fingerprint density at radius 2 is 1.81 bits per heavy atom. The van der Waals surface area contributed by atoms with Crippen molar-refractivity contribution < 1.29 is 0 Å². The molecule has 3 aromatic rings. The molecule has 0 fully saturated rings. The highest BCUT2D eigenvalue weighted by atomic mass is 32.1. The maximum absolute atomic E-state index is 3.73. The Morgan fingerprint density at radius 1 is 1.00 bits per heavy atom. The molecule has 2 aromatic carbocycles. The zero-order chi connectivity index (χ0) is 14.7. The second kappa shape index (κ2) is 6.42. The monoisotopic (exact) mass is 295 g/mol. The van der Waals surface area contributed by atoms with E-state index in [0.717, 1.165) is 6.42 Å². The lowest BCUT2D eigenvalue weighted by atomic mass is 9.98. The van der Waals surface area contributed by atoms with Crippen molar-refractivity contribution in [2.24, 2.45) is 0 Å². The summed E-state index contributed by atoms with van der Waals surface area (Å²) in [6.07, 6.45) is 1.08. The first-order chi connectivity index (χ1) is 10.2. The Bertz CT molecular complexity index is 697. The van der Waals surface area contributed by atoms with Gasteiger partial charge in [0.25, 0.3) is 0 Å². The van der Waals surface area contributed by atoms with Gasteiger partial charge in [-0.05, 0) is 59.0 Å². The van der Waals surface area contributed by atoms with E-state index in [9.17, 15) is 0 Å². The van der Waals surface area contributed by atoms with Gasteiger partial charge in [0.1, 0.15) is 0 Å². The van der Waals surface area contributed by atoms with Crippen molar-refractivity contribution in [3.8, 4) is 0 Å². The topological polar surface area (TPSA) is 12.0 Å². The number of hydrogen-bond donors (Lipinski definition) is 1. The first-order valence-electron chi connectivity index (χ1n) is 7.49. The summed E-state index contributed by atoms with van der Waals surface area (Å²) in [7, 11) is 0. The molecule has 0 radical (unpaired) electrons. The Hall–Kier alpha value is -1.64. The Morgan fingerprint density at radius 3 is 2.62 bits per heavy atom. The highest BCUT2D eigenvalue weighted by molar-refractivity contribution is 7.07. The van der Waals surface area contributed by atoms with Gasteiger partial charge in [-0.1, -0.05) is 42.5 Å². The molecular formula is C19H21NS. The van der Waals surface area contributed by atoms with Gasteiger partial charge in [0.05, 0.1) is 0 Å². The molecule has 2 atom stereocenters. The van der Waals surface area contributed by atoms with Crippen molar-refractivity contribution in [2.45, 2.75) is 32.4 Å². The van der Waals surface area contributed by atoms with Crippen LogP contribution in [0.25, 0.3) is 10.8 Å². The summed E-state index contributed by atoms with van der Waals surface area (Å²) in [6.45, 7) is 4.52. The molecular weight excluding hydrogens is 274 g/mol. The Balaban J connectivity index is 1.76. The molecule has 0 aliphatic rings. The second-order valence-electron chi connectivity index (χ2n) is 5.69. The van der Waals surface area contributed by atoms with E-state index in [1.165, 1.54) is 21.9 Å². The van der Waals surface area contributed by atoms with Crippen LogP contribution in [0.2, 0.25) is 0 Å². The van der Waals surface area contributed by atoms with Crippen LogP contribution < -0.4 is 5.32 Å². The normalized spacial score (nSPS) is 14.2. The SMILES string of the molecule is CC(Cc1ccsc1)NC(C)c1cccc2ccccc12. The first-order valence-corrected chi connectivity index (χ1v) is 8.43. The van der Waals surface area contributed by atoms with Gasteiger partial charge in [-0.2, -0.15) is 11.3 Å². The molecule has 0 spiro atoms. The molecule has 0 aliphatic heterocycles. The van der Waals surface area contributed by atoms with Crippen molar-refractivity contribution in [3.63, 3.8) is 0 Å². The number of hydrogen-bond acceptors (Lipinski definition) is 2. The van der Waals surface area contributed by atoms with Crippen LogP contribution in [0.5, 0.6) is 0 Å². The molecule has 1 nitrogen and oxygen atoms in total. The van der Waals surface area contributed by atoms with Gasteiger partial charge in [-0.3, -0.25) is 0 Å². The number of thiophene rings is 1. The summed E-state index contributed by atoms with van der Waals surface area (Å²) in [5, 5.41) is 10.8. The predicted molar refractivity (Wildman–Crippen MR) is 93.0 cm³/mol. The number of benzene rings is 2. The van der Waals surface area contributed by atoms with Crippen molar-refractivity contribution >= 4 is 22.1 Å². The van der Waals surface area contributed by atoms with Crippen LogP contribution in [0.15, 0.2) is 59.3 Å². The van der Waals surface area contributed by atoms with Gasteiger partial charge in [-0.25, -0.2) is 0 Å². The molecule has 0 aliphatic carbocycles. The number of rotatable bonds is 5. The van der Waals surface area contributed by atoms with E-state index < -0.39 is 0 Å². The lowest BCUT2D eigenvalue weighted by Gasteiger charge is -2.21.